The largest absolute Gasteiger partial charge is 0.468 e. The molecule has 0 bridgehead atoms. The Labute approximate surface area is 151 Å². The number of nitrogens with one attached hydrogen (secondary N) is 2. The summed E-state index contributed by atoms with van der Waals surface area (Å²) < 4.78 is 5.40. The van der Waals surface area contributed by atoms with Gasteiger partial charge in [0.1, 0.15) is 5.76 Å². The fraction of sp³-hybridized carbons (Fsp3) is 0.136. The van der Waals surface area contributed by atoms with Crippen molar-refractivity contribution < 1.29 is 9.21 Å². The van der Waals surface area contributed by atoms with Crippen molar-refractivity contribution in [1.82, 2.24) is 10.3 Å². The van der Waals surface area contributed by atoms with Gasteiger partial charge in [-0.05, 0) is 30.7 Å². The summed E-state index contributed by atoms with van der Waals surface area (Å²) in [7, 11) is 0. The number of para-hydroxylation sites is 1. The first kappa shape index (κ1) is 16.4. The third kappa shape index (κ3) is 3.07. The SMILES string of the molecule is C[C@@H](NCC(=O)c1c(-c2ccccc2)[nH]c2ccccc12)c1ccco1. The summed E-state index contributed by atoms with van der Waals surface area (Å²) in [5.41, 5.74) is 3.56. The van der Waals surface area contributed by atoms with Crippen LogP contribution in [0.2, 0.25) is 0 Å². The minimum atomic E-state index is -0.0284. The zero-order valence-electron chi connectivity index (χ0n) is 14.5. The molecule has 130 valence electrons. The van der Waals surface area contributed by atoms with E-state index in [1.165, 1.54) is 0 Å². The summed E-state index contributed by atoms with van der Waals surface area (Å²) in [6.45, 7) is 2.23. The van der Waals surface area contributed by atoms with Crippen LogP contribution in [0.5, 0.6) is 0 Å². The maximum Gasteiger partial charge on any atom is 0.179 e. The molecule has 4 aromatic rings. The molecule has 4 rings (SSSR count). The predicted molar refractivity (Wildman–Crippen MR) is 103 cm³/mol. The van der Waals surface area contributed by atoms with Crippen molar-refractivity contribution in [2.45, 2.75) is 13.0 Å². The van der Waals surface area contributed by atoms with E-state index in [4.69, 9.17) is 4.42 Å². The second-order valence-corrected chi connectivity index (χ2v) is 6.33. The fourth-order valence-electron chi connectivity index (χ4n) is 3.23. The highest BCUT2D eigenvalue weighted by Crippen LogP contribution is 2.30. The van der Waals surface area contributed by atoms with Crippen LogP contribution in [-0.4, -0.2) is 17.3 Å². The van der Waals surface area contributed by atoms with Gasteiger partial charge in [-0.3, -0.25) is 4.79 Å². The van der Waals surface area contributed by atoms with Crippen molar-refractivity contribution in [3.63, 3.8) is 0 Å². The first-order valence-electron chi connectivity index (χ1n) is 8.70. The molecule has 0 radical (unpaired) electrons. The number of hydrogen-bond acceptors (Lipinski definition) is 3. The molecule has 0 aliphatic heterocycles. The Bertz CT molecular complexity index is 1020. The van der Waals surface area contributed by atoms with Crippen LogP contribution in [-0.2, 0) is 0 Å². The zero-order valence-corrected chi connectivity index (χ0v) is 14.5. The Morgan fingerprint density at radius 1 is 1.04 bits per heavy atom. The monoisotopic (exact) mass is 344 g/mol. The maximum absolute atomic E-state index is 13.1. The van der Waals surface area contributed by atoms with Crippen LogP contribution in [0.4, 0.5) is 0 Å². The molecule has 1 atom stereocenters. The Morgan fingerprint density at radius 3 is 2.58 bits per heavy atom. The number of fused-ring (bicyclic) bond motifs is 1. The number of carbonyl (C=O) groups excluding carboxylic acids is 1. The summed E-state index contributed by atoms with van der Waals surface area (Å²) in [5.74, 6) is 0.875. The van der Waals surface area contributed by atoms with Crippen molar-refractivity contribution in [2.75, 3.05) is 6.54 Å². The summed E-state index contributed by atoms with van der Waals surface area (Å²) >= 11 is 0. The Hall–Kier alpha value is -3.11. The average molecular weight is 344 g/mol. The van der Waals surface area contributed by atoms with E-state index in [1.807, 2.05) is 73.7 Å². The predicted octanol–water partition coefficient (Wildman–Crippen LogP) is 4.96. The molecule has 2 aromatic carbocycles. The minimum absolute atomic E-state index is 0.0284. The third-order valence-corrected chi connectivity index (χ3v) is 4.59. The van der Waals surface area contributed by atoms with Gasteiger partial charge in [0.25, 0.3) is 0 Å². The first-order chi connectivity index (χ1) is 12.7. The minimum Gasteiger partial charge on any atom is -0.468 e. The van der Waals surface area contributed by atoms with Crippen molar-refractivity contribution >= 4 is 16.7 Å². The molecule has 4 nitrogen and oxygen atoms in total. The average Bonchev–Trinajstić information content (AvgIpc) is 3.34. The van der Waals surface area contributed by atoms with Gasteiger partial charge in [-0.15, -0.1) is 0 Å². The molecular weight excluding hydrogens is 324 g/mol. The number of aromatic nitrogens is 1. The van der Waals surface area contributed by atoms with E-state index < -0.39 is 0 Å². The van der Waals surface area contributed by atoms with Gasteiger partial charge >= 0.3 is 0 Å². The van der Waals surface area contributed by atoms with E-state index in [0.29, 0.717) is 0 Å². The van der Waals surface area contributed by atoms with E-state index in [-0.39, 0.29) is 18.4 Å². The topological polar surface area (TPSA) is 58.0 Å². The highest BCUT2D eigenvalue weighted by atomic mass is 16.3. The van der Waals surface area contributed by atoms with E-state index in [2.05, 4.69) is 10.3 Å². The fourth-order valence-corrected chi connectivity index (χ4v) is 3.23. The van der Waals surface area contributed by atoms with Crippen LogP contribution in [0, 0.1) is 0 Å². The van der Waals surface area contributed by atoms with Crippen molar-refractivity contribution in [1.29, 1.82) is 0 Å². The number of carbonyl (C=O) groups is 1. The van der Waals surface area contributed by atoms with Crippen LogP contribution < -0.4 is 5.32 Å². The molecule has 0 aliphatic rings. The number of benzene rings is 2. The van der Waals surface area contributed by atoms with E-state index in [0.717, 1.165) is 33.5 Å². The van der Waals surface area contributed by atoms with Crippen LogP contribution in [0.15, 0.2) is 77.4 Å². The van der Waals surface area contributed by atoms with E-state index >= 15 is 0 Å². The molecule has 26 heavy (non-hydrogen) atoms. The molecule has 4 heteroatoms. The number of rotatable bonds is 6. The Morgan fingerprint density at radius 2 is 1.81 bits per heavy atom. The van der Waals surface area contributed by atoms with Gasteiger partial charge in [0.15, 0.2) is 5.78 Å². The van der Waals surface area contributed by atoms with E-state index in [1.54, 1.807) is 6.26 Å². The highest BCUT2D eigenvalue weighted by molar-refractivity contribution is 6.14. The third-order valence-electron chi connectivity index (χ3n) is 4.59. The molecule has 2 heterocycles. The van der Waals surface area contributed by atoms with Gasteiger partial charge in [-0.2, -0.15) is 0 Å². The van der Waals surface area contributed by atoms with Crippen molar-refractivity contribution in [3.8, 4) is 11.3 Å². The molecule has 0 unspecified atom stereocenters. The number of H-pyrrole nitrogens is 1. The first-order valence-corrected chi connectivity index (χ1v) is 8.70. The highest BCUT2D eigenvalue weighted by Gasteiger charge is 2.20. The molecule has 0 aliphatic carbocycles. The lowest BCUT2D eigenvalue weighted by molar-refractivity contribution is 0.0989. The molecule has 0 spiro atoms. The summed E-state index contributed by atoms with van der Waals surface area (Å²) in [5, 5.41) is 4.21. The van der Waals surface area contributed by atoms with Gasteiger partial charge in [-0.1, -0.05) is 48.5 Å². The molecular formula is C22H20N2O2. The zero-order chi connectivity index (χ0) is 17.9. The second-order valence-electron chi connectivity index (χ2n) is 6.33. The lowest BCUT2D eigenvalue weighted by Crippen LogP contribution is -2.26. The maximum atomic E-state index is 13.1. The molecule has 2 aromatic heterocycles. The van der Waals surface area contributed by atoms with E-state index in [9.17, 15) is 4.79 Å². The molecule has 0 saturated carbocycles. The van der Waals surface area contributed by atoms with Gasteiger partial charge in [0.2, 0.25) is 0 Å². The molecule has 0 fully saturated rings. The number of furan rings is 1. The molecule has 0 amide bonds. The van der Waals surface area contributed by atoms with Crippen LogP contribution in [0.3, 0.4) is 0 Å². The van der Waals surface area contributed by atoms with Crippen molar-refractivity contribution in [2.24, 2.45) is 0 Å². The lowest BCUT2D eigenvalue weighted by Gasteiger charge is -2.11. The number of ketones is 1. The smallest absolute Gasteiger partial charge is 0.179 e. The lowest BCUT2D eigenvalue weighted by atomic mass is 10.0. The van der Waals surface area contributed by atoms with Crippen LogP contribution in [0.25, 0.3) is 22.2 Å². The Kier molecular flexibility index (Phi) is 4.42. The van der Waals surface area contributed by atoms with Crippen LogP contribution >= 0.6 is 0 Å². The van der Waals surface area contributed by atoms with Crippen molar-refractivity contribution in [3.05, 3.63) is 84.3 Å². The normalized spacial score (nSPS) is 12.3. The summed E-state index contributed by atoms with van der Waals surface area (Å²) in [4.78, 5) is 16.5. The second kappa shape index (κ2) is 7.02. The summed E-state index contributed by atoms with van der Waals surface area (Å²) in [6, 6.07) is 21.6. The standard InChI is InChI=1S/C22H20N2O2/c1-15(20-12-7-13-26-20)23-14-19(25)21-17-10-5-6-11-18(17)24-22(21)16-8-3-2-4-9-16/h2-13,15,23-24H,14H2,1H3/t15-/m1/s1. The number of hydrogen-bond donors (Lipinski definition) is 2. The van der Waals surface area contributed by atoms with Crippen LogP contribution in [0.1, 0.15) is 29.1 Å². The van der Waals surface area contributed by atoms with Gasteiger partial charge in [0.05, 0.1) is 30.1 Å². The van der Waals surface area contributed by atoms with Gasteiger partial charge in [-0.25, -0.2) is 0 Å². The molecule has 2 N–H and O–H groups in total. The van der Waals surface area contributed by atoms with Gasteiger partial charge < -0.3 is 14.7 Å². The Balaban J connectivity index is 1.67. The van der Waals surface area contributed by atoms with Gasteiger partial charge in [0, 0.05) is 10.9 Å². The molecule has 0 saturated heterocycles. The summed E-state index contributed by atoms with van der Waals surface area (Å²) in [6.07, 6.45) is 1.64. The number of Topliss-reactive ketones (excluding diaryl/α,β-unsaturated/α-hetero) is 1. The quantitative estimate of drug-likeness (QED) is 0.486. The number of aromatic amines is 1.